The molecule has 7 N–H and O–H groups in total. The van der Waals surface area contributed by atoms with E-state index in [1.54, 1.807) is 25.3 Å². The van der Waals surface area contributed by atoms with Crippen LogP contribution in [0.1, 0.15) is 25.0 Å². The Morgan fingerprint density at radius 2 is 1.85 bits per heavy atom. The minimum absolute atomic E-state index is 0.0702. The smallest absolute Gasteiger partial charge is 0.256 e. The van der Waals surface area contributed by atoms with Gasteiger partial charge in [0.25, 0.3) is 5.91 Å². The van der Waals surface area contributed by atoms with E-state index in [1.165, 1.54) is 0 Å². The van der Waals surface area contributed by atoms with Crippen LogP contribution in [0.15, 0.2) is 18.2 Å². The number of aliphatic hydroxyl groups excluding tert-OH is 5. The molecule has 1 amide bonds. The van der Waals surface area contributed by atoms with Crippen molar-refractivity contribution in [2.24, 2.45) is 5.92 Å². The molecule has 0 radical (unpaired) electrons. The molecular weight excluding hydrogens is 466 g/mol. The lowest BCUT2D eigenvalue weighted by Crippen LogP contribution is -2.60. The van der Waals surface area contributed by atoms with Gasteiger partial charge in [0, 0.05) is 36.4 Å². The fourth-order valence-electron chi connectivity index (χ4n) is 4.81. The highest BCUT2D eigenvalue weighted by molar-refractivity contribution is 6.71. The number of fused-ring (bicyclic) bond motifs is 1. The van der Waals surface area contributed by atoms with Crippen LogP contribution in [-0.2, 0) is 14.3 Å². The second-order valence-electron chi connectivity index (χ2n) is 9.53. The van der Waals surface area contributed by atoms with Crippen LogP contribution in [-0.4, -0.2) is 95.1 Å². The largest absolute Gasteiger partial charge is 0.490 e. The fourth-order valence-corrected chi connectivity index (χ4v) is 6.82. The van der Waals surface area contributed by atoms with Crippen LogP contribution < -0.4 is 10.1 Å². The van der Waals surface area contributed by atoms with Gasteiger partial charge in [0.2, 0.25) is 0 Å². The Bertz CT molecular complexity index is 865. The third kappa shape index (κ3) is 5.30. The number of hydrogen-bond acceptors (Lipinski definition) is 10. The third-order valence-electron chi connectivity index (χ3n) is 6.69. The number of methoxy groups -OCH3 is 1. The zero-order valence-electron chi connectivity index (χ0n) is 19.7. The molecule has 2 aliphatic heterocycles. The maximum absolute atomic E-state index is 12.7. The lowest BCUT2D eigenvalue weighted by atomic mass is 9.86. The Labute approximate surface area is 199 Å². The second kappa shape index (κ2) is 10.6. The number of carbonyl (C=O) groups is 1. The van der Waals surface area contributed by atoms with Crippen molar-refractivity contribution in [2.75, 3.05) is 19.0 Å². The standard InChI is InChI=1S/C22H35NO10Si/c1-10-18(31-2)12-9-11(23-21(28)20-16(26)15(25)17(27)22(29)33-20)5-6-13(12)32-19(10)14(7-8-24)34(3,4)30/h5-6,9-10,14-20,22,24-27,29-30H,7-8H2,1-4H3,(H,23,28)/t10-,14?,15+,16+,17-,18-,19-,20+,22-/m1/s1. The monoisotopic (exact) mass is 501 g/mol. The number of aliphatic hydroxyl groups is 5. The number of carbonyl (C=O) groups excluding carboxylic acids is 1. The summed E-state index contributed by atoms with van der Waals surface area (Å²) in [4.78, 5) is 23.5. The molecule has 1 fully saturated rings. The number of nitrogens with one attached hydrogen (secondary N) is 1. The van der Waals surface area contributed by atoms with Crippen LogP contribution in [0.2, 0.25) is 18.6 Å². The van der Waals surface area contributed by atoms with Gasteiger partial charge < -0.3 is 49.9 Å². The number of rotatable bonds is 7. The van der Waals surface area contributed by atoms with Crippen molar-refractivity contribution in [3.63, 3.8) is 0 Å². The molecule has 12 heteroatoms. The number of anilines is 1. The van der Waals surface area contributed by atoms with Gasteiger partial charge >= 0.3 is 0 Å². The molecule has 1 saturated heterocycles. The summed E-state index contributed by atoms with van der Waals surface area (Å²) in [7, 11) is -1.11. The zero-order chi connectivity index (χ0) is 25.4. The molecule has 1 aromatic rings. The van der Waals surface area contributed by atoms with Crippen LogP contribution in [0, 0.1) is 5.92 Å². The summed E-state index contributed by atoms with van der Waals surface area (Å²) < 4.78 is 17.0. The average molecular weight is 502 g/mol. The van der Waals surface area contributed by atoms with Gasteiger partial charge in [-0.1, -0.05) is 6.92 Å². The van der Waals surface area contributed by atoms with Gasteiger partial charge in [0.05, 0.1) is 6.10 Å². The average Bonchev–Trinajstić information content (AvgIpc) is 2.77. The van der Waals surface area contributed by atoms with Gasteiger partial charge in [-0.25, -0.2) is 0 Å². The van der Waals surface area contributed by atoms with E-state index >= 15 is 0 Å². The molecular formula is C22H35NO10Si. The van der Waals surface area contributed by atoms with Crippen molar-refractivity contribution in [1.82, 2.24) is 0 Å². The molecule has 0 saturated carbocycles. The van der Waals surface area contributed by atoms with E-state index in [0.29, 0.717) is 23.4 Å². The molecule has 11 nitrogen and oxygen atoms in total. The Kier molecular flexibility index (Phi) is 8.38. The molecule has 0 bridgehead atoms. The van der Waals surface area contributed by atoms with E-state index in [1.807, 2.05) is 20.0 Å². The summed E-state index contributed by atoms with van der Waals surface area (Å²) in [6.45, 7) is 5.50. The lowest BCUT2D eigenvalue weighted by Gasteiger charge is -2.43. The summed E-state index contributed by atoms with van der Waals surface area (Å²) in [5.41, 5.74) is 0.787. The predicted octanol–water partition coefficient (Wildman–Crippen LogP) is -0.540. The maximum Gasteiger partial charge on any atom is 0.256 e. The Balaban J connectivity index is 1.83. The van der Waals surface area contributed by atoms with Crippen LogP contribution in [0.4, 0.5) is 5.69 Å². The molecule has 2 heterocycles. The van der Waals surface area contributed by atoms with Gasteiger partial charge in [-0.2, -0.15) is 0 Å². The number of hydrogen-bond donors (Lipinski definition) is 7. The molecule has 3 rings (SSSR count). The fraction of sp³-hybridized carbons (Fsp3) is 0.682. The summed E-state index contributed by atoms with van der Waals surface area (Å²) in [5, 5.41) is 51.3. The van der Waals surface area contributed by atoms with Crippen molar-refractivity contribution in [3.8, 4) is 5.75 Å². The Morgan fingerprint density at radius 1 is 1.18 bits per heavy atom. The minimum Gasteiger partial charge on any atom is -0.490 e. The molecule has 192 valence electrons. The van der Waals surface area contributed by atoms with Crippen LogP contribution in [0.25, 0.3) is 0 Å². The normalized spacial score (nSPS) is 34.6. The highest BCUT2D eigenvalue weighted by Gasteiger charge is 2.47. The van der Waals surface area contributed by atoms with Gasteiger partial charge in [-0.05, 0) is 37.7 Å². The molecule has 1 aromatic carbocycles. The molecule has 0 spiro atoms. The van der Waals surface area contributed by atoms with Crippen LogP contribution >= 0.6 is 0 Å². The summed E-state index contributed by atoms with van der Waals surface area (Å²) in [6.07, 6.45) is -9.04. The second-order valence-corrected chi connectivity index (χ2v) is 13.6. The molecule has 0 aliphatic carbocycles. The summed E-state index contributed by atoms with van der Waals surface area (Å²) in [6, 6.07) is 4.90. The van der Waals surface area contributed by atoms with Crippen molar-refractivity contribution in [2.45, 2.75) is 74.9 Å². The molecule has 1 unspecified atom stereocenters. The first-order valence-corrected chi connectivity index (χ1v) is 14.3. The number of amides is 1. The van der Waals surface area contributed by atoms with E-state index in [4.69, 9.17) is 14.2 Å². The van der Waals surface area contributed by atoms with E-state index in [-0.39, 0.29) is 24.2 Å². The van der Waals surface area contributed by atoms with Crippen LogP contribution in [0.5, 0.6) is 5.75 Å². The topological polar surface area (TPSA) is 178 Å². The van der Waals surface area contributed by atoms with Crippen molar-refractivity contribution >= 4 is 19.9 Å². The SMILES string of the molecule is CO[C@H]1c2cc(NC(=O)[C@H]3O[C@@H](O)[C@H](O)[C@@H](O)[C@@H]3O)ccc2O[C@@H](C(CCO)[Si](C)(C)O)[C@@H]1C. The van der Waals surface area contributed by atoms with E-state index in [2.05, 4.69) is 5.32 Å². The van der Waals surface area contributed by atoms with E-state index < -0.39 is 51.0 Å². The molecule has 2 aliphatic rings. The molecule has 9 atom stereocenters. The highest BCUT2D eigenvalue weighted by atomic mass is 28.4. The number of ether oxygens (including phenoxy) is 3. The Morgan fingerprint density at radius 3 is 2.44 bits per heavy atom. The van der Waals surface area contributed by atoms with Gasteiger partial charge in [-0.3, -0.25) is 4.79 Å². The van der Waals surface area contributed by atoms with Crippen LogP contribution in [0.3, 0.4) is 0 Å². The first kappa shape index (κ1) is 27.0. The maximum atomic E-state index is 12.7. The zero-order valence-corrected chi connectivity index (χ0v) is 20.7. The number of benzene rings is 1. The van der Waals surface area contributed by atoms with E-state index in [9.17, 15) is 35.1 Å². The molecule has 34 heavy (non-hydrogen) atoms. The highest BCUT2D eigenvalue weighted by Crippen LogP contribution is 2.47. The molecule has 0 aromatic heterocycles. The summed E-state index contributed by atoms with van der Waals surface area (Å²) in [5.74, 6) is -0.462. The van der Waals surface area contributed by atoms with Gasteiger partial charge in [0.1, 0.15) is 30.2 Å². The van der Waals surface area contributed by atoms with Crippen molar-refractivity contribution in [1.29, 1.82) is 0 Å². The third-order valence-corrected chi connectivity index (χ3v) is 9.12. The predicted molar refractivity (Wildman–Crippen MR) is 122 cm³/mol. The minimum atomic E-state index is -2.67. The van der Waals surface area contributed by atoms with E-state index in [0.717, 1.165) is 0 Å². The quantitative estimate of drug-likeness (QED) is 0.240. The van der Waals surface area contributed by atoms with Gasteiger partial charge in [0.15, 0.2) is 20.7 Å². The van der Waals surface area contributed by atoms with Crippen molar-refractivity contribution in [3.05, 3.63) is 23.8 Å². The van der Waals surface area contributed by atoms with Gasteiger partial charge in [-0.15, -0.1) is 0 Å². The lowest BCUT2D eigenvalue weighted by molar-refractivity contribution is -0.274. The van der Waals surface area contributed by atoms with Crippen molar-refractivity contribution < 1.29 is 49.3 Å². The Hall–Kier alpha value is -1.61. The summed E-state index contributed by atoms with van der Waals surface area (Å²) >= 11 is 0. The first-order valence-electron chi connectivity index (χ1n) is 11.3. The first-order chi connectivity index (χ1) is 15.9.